The van der Waals surface area contributed by atoms with E-state index >= 15 is 0 Å². The molecule has 0 aromatic rings. The summed E-state index contributed by atoms with van der Waals surface area (Å²) in [6, 6.07) is 0. The summed E-state index contributed by atoms with van der Waals surface area (Å²) in [5, 5.41) is 0. The van der Waals surface area contributed by atoms with Gasteiger partial charge in [0, 0.05) is 53.5 Å². The summed E-state index contributed by atoms with van der Waals surface area (Å²) in [4.78, 5) is 0. The first-order chi connectivity index (χ1) is 2.83. The Morgan fingerprint density at radius 3 is 1.10 bits per heavy atom. The molecule has 0 aliphatic rings. The maximum absolute atomic E-state index is 3.49. The van der Waals surface area contributed by atoms with E-state index in [2.05, 4.69) is 20.8 Å². The van der Waals surface area contributed by atoms with Crippen LogP contribution in [0.25, 0.3) is 0 Å². The summed E-state index contributed by atoms with van der Waals surface area (Å²) < 4.78 is 0. The van der Waals surface area contributed by atoms with Crippen LogP contribution < -0.4 is 0 Å². The van der Waals surface area contributed by atoms with Crippen LogP contribution in [-0.2, 0) is 44.8 Å². The molecular formula is C6H16Ag2IU. The zero-order chi connectivity index (χ0) is 5.41. The van der Waals surface area contributed by atoms with E-state index in [1.165, 1.54) is 6.42 Å². The van der Waals surface area contributed by atoms with Gasteiger partial charge in [-0.3, -0.25) is 0 Å². The van der Waals surface area contributed by atoms with Crippen LogP contribution in [-0.4, -0.2) is 0 Å². The third-order valence-corrected chi connectivity index (χ3v) is 0. The Balaban J connectivity index is -0.00000000571. The summed E-state index contributed by atoms with van der Waals surface area (Å²) >= 11 is 0. The van der Waals surface area contributed by atoms with Gasteiger partial charge < -0.3 is 6.92 Å². The molecule has 0 aromatic heterocycles. The van der Waals surface area contributed by atoms with E-state index in [1.807, 2.05) is 6.92 Å². The summed E-state index contributed by atoms with van der Waals surface area (Å²) in [7, 11) is 0. The van der Waals surface area contributed by atoms with E-state index in [0.717, 1.165) is 6.42 Å². The average molecular weight is 669 g/mol. The third-order valence-electron chi connectivity index (χ3n) is 0. The Labute approximate surface area is 138 Å². The van der Waals surface area contributed by atoms with Crippen LogP contribution in [0.3, 0.4) is 0 Å². The first-order valence-electron chi connectivity index (χ1n) is 2.62. The predicted molar refractivity (Wildman–Crippen MR) is 47.0 cm³/mol. The van der Waals surface area contributed by atoms with Crippen LogP contribution in [0.2, 0.25) is 0 Å². The van der Waals surface area contributed by atoms with E-state index in [0.29, 0.717) is 0 Å². The fourth-order valence-electron chi connectivity index (χ4n) is 0. The molecule has 0 rings (SSSR count). The maximum atomic E-state index is 3.49. The second-order valence-corrected chi connectivity index (χ2v) is 1.21. The van der Waals surface area contributed by atoms with E-state index in [1.54, 1.807) is 0 Å². The number of hydrogen-bond donors (Lipinski definition) is 0. The number of halogens is 1. The normalized spacial score (nSPS) is 3.60. The Kier molecular flexibility index (Phi) is 212. The van der Waals surface area contributed by atoms with Crippen molar-refractivity contribution in [2.24, 2.45) is 0 Å². The number of hydrogen-bond acceptors (Lipinski definition) is 0. The van der Waals surface area contributed by atoms with Gasteiger partial charge in [0.1, 0.15) is 0 Å². The SMILES string of the molecule is CCC.I.[Ag+].[Ag].[CH2-]CC.[U]. The van der Waals surface area contributed by atoms with Gasteiger partial charge in [-0.15, -0.1) is 24.0 Å². The van der Waals surface area contributed by atoms with Gasteiger partial charge in [-0.25, -0.2) is 0 Å². The molecular weight excluding hydrogens is 653 g/mol. The van der Waals surface area contributed by atoms with Gasteiger partial charge >= 0.3 is 22.4 Å². The topological polar surface area (TPSA) is 0 Å². The monoisotopic (exact) mass is 667 g/mol. The van der Waals surface area contributed by atoms with Crippen LogP contribution in [0.5, 0.6) is 0 Å². The predicted octanol–water partition coefficient (Wildman–Crippen LogP) is 3.26. The van der Waals surface area contributed by atoms with Crippen LogP contribution in [0.1, 0.15) is 33.6 Å². The Hall–Kier alpha value is 3.26. The van der Waals surface area contributed by atoms with Gasteiger partial charge in [0.25, 0.3) is 0 Å². The quantitative estimate of drug-likeness (QED) is 0.212. The molecule has 0 N–H and O–H groups in total. The van der Waals surface area contributed by atoms with E-state index < -0.39 is 0 Å². The summed E-state index contributed by atoms with van der Waals surface area (Å²) in [5.74, 6) is 0. The first kappa shape index (κ1) is 37.8. The van der Waals surface area contributed by atoms with Gasteiger partial charge in [-0.1, -0.05) is 27.2 Å². The van der Waals surface area contributed by atoms with Crippen molar-refractivity contribution in [2.45, 2.75) is 33.6 Å². The second kappa shape index (κ2) is 56.2. The molecule has 73 valence electrons. The molecule has 0 amide bonds. The number of rotatable bonds is 0. The average Bonchev–Trinajstić information content (AvgIpc) is 1.39. The standard InChI is InChI=1S/C3H8.C3H7.2Ag.HI.U/c2*1-3-2;;;;/h3H2,1-2H3;1,3H2,2H3;;;1H;/q;-1;;+1;;. The van der Waals surface area contributed by atoms with Gasteiger partial charge in [-0.05, 0) is 0 Å². The van der Waals surface area contributed by atoms with Crippen LogP contribution in [0.4, 0.5) is 0 Å². The molecule has 0 aliphatic heterocycles. The van der Waals surface area contributed by atoms with Crippen LogP contribution >= 0.6 is 24.0 Å². The molecule has 1 radical (unpaired) electrons. The van der Waals surface area contributed by atoms with E-state index in [4.69, 9.17) is 0 Å². The van der Waals surface area contributed by atoms with Crippen molar-refractivity contribution in [1.29, 1.82) is 0 Å². The molecule has 0 heterocycles. The Bertz CT molecular complexity index is 17.7. The van der Waals surface area contributed by atoms with Crippen molar-refractivity contribution in [1.82, 2.24) is 0 Å². The molecule has 0 aliphatic carbocycles. The molecule has 10 heavy (non-hydrogen) atoms. The maximum Gasteiger partial charge on any atom is 1.00 e. The van der Waals surface area contributed by atoms with Crippen molar-refractivity contribution in [3.8, 4) is 0 Å². The molecule has 0 unspecified atom stereocenters. The molecule has 0 aromatic carbocycles. The van der Waals surface area contributed by atoms with Gasteiger partial charge in [0.2, 0.25) is 0 Å². The van der Waals surface area contributed by atoms with Crippen LogP contribution in [0.15, 0.2) is 0 Å². The minimum atomic E-state index is 0. The summed E-state index contributed by atoms with van der Waals surface area (Å²) in [6.07, 6.45) is 2.25. The zero-order valence-corrected chi connectivity index (χ0v) is 16.1. The zero-order valence-electron chi connectivity index (χ0n) is 6.63. The summed E-state index contributed by atoms with van der Waals surface area (Å²) in [6.45, 7) is 9.75. The molecule has 0 atom stereocenters. The van der Waals surface area contributed by atoms with Crippen molar-refractivity contribution < 1.29 is 75.9 Å². The van der Waals surface area contributed by atoms with Crippen molar-refractivity contribution in [3.63, 3.8) is 0 Å². The van der Waals surface area contributed by atoms with Gasteiger partial charge in [0.15, 0.2) is 0 Å². The van der Waals surface area contributed by atoms with Crippen LogP contribution in [0, 0.1) is 38.0 Å². The minimum absolute atomic E-state index is 0. The molecule has 0 saturated heterocycles. The molecule has 0 bridgehead atoms. The molecule has 0 spiro atoms. The molecule has 4 heteroatoms. The second-order valence-electron chi connectivity index (χ2n) is 1.21. The van der Waals surface area contributed by atoms with Crippen molar-refractivity contribution in [2.75, 3.05) is 0 Å². The molecule has 0 nitrogen and oxygen atoms in total. The summed E-state index contributed by atoms with van der Waals surface area (Å²) in [5.41, 5.74) is 0. The van der Waals surface area contributed by atoms with Gasteiger partial charge in [-0.2, -0.15) is 6.42 Å². The minimum Gasteiger partial charge on any atom is -0.344 e. The third kappa shape index (κ3) is 111. The Morgan fingerprint density at radius 1 is 1.10 bits per heavy atom. The van der Waals surface area contributed by atoms with E-state index in [9.17, 15) is 0 Å². The smallest absolute Gasteiger partial charge is 0.344 e. The van der Waals surface area contributed by atoms with Crippen molar-refractivity contribution in [3.05, 3.63) is 6.92 Å². The fourth-order valence-corrected chi connectivity index (χ4v) is 0. The first-order valence-corrected chi connectivity index (χ1v) is 2.62. The largest absolute Gasteiger partial charge is 1.00 e. The van der Waals surface area contributed by atoms with E-state index in [-0.39, 0.29) is 99.9 Å². The van der Waals surface area contributed by atoms with Crippen molar-refractivity contribution >= 4 is 24.0 Å². The fraction of sp³-hybridized carbons (Fsp3) is 0.833. The molecule has 0 saturated carbocycles. The van der Waals surface area contributed by atoms with Gasteiger partial charge in [0.05, 0.1) is 0 Å². The Morgan fingerprint density at radius 2 is 1.10 bits per heavy atom. The molecule has 0 fully saturated rings.